The molecule has 0 aromatic carbocycles. The van der Waals surface area contributed by atoms with E-state index in [0.717, 1.165) is 50.1 Å². The van der Waals surface area contributed by atoms with Crippen LogP contribution in [0.4, 0.5) is 0 Å². The molecule has 23 heavy (non-hydrogen) atoms. The second-order valence-corrected chi connectivity index (χ2v) is 6.53. The fourth-order valence-electron chi connectivity index (χ4n) is 2.84. The zero-order valence-electron chi connectivity index (χ0n) is 14.2. The Kier molecular flexibility index (Phi) is 8.50. The average Bonchev–Trinajstić information content (AvgIpc) is 2.61. The van der Waals surface area contributed by atoms with Crippen LogP contribution >= 0.6 is 12.2 Å². The van der Waals surface area contributed by atoms with E-state index in [-0.39, 0.29) is 5.92 Å². The number of morpholine rings is 1. The predicted octanol–water partition coefficient (Wildman–Crippen LogP) is 3.34. The van der Waals surface area contributed by atoms with Gasteiger partial charge in [0.15, 0.2) is 0 Å². The summed E-state index contributed by atoms with van der Waals surface area (Å²) in [6, 6.07) is 6.10. The molecule has 1 atom stereocenters. The number of ether oxygens (including phenoxy) is 1. The van der Waals surface area contributed by atoms with Crippen LogP contribution in [0.1, 0.15) is 50.6 Å². The van der Waals surface area contributed by atoms with E-state index in [1.54, 1.807) is 0 Å². The first-order valence-electron chi connectivity index (χ1n) is 8.80. The van der Waals surface area contributed by atoms with Gasteiger partial charge in [0.05, 0.1) is 36.5 Å². The van der Waals surface area contributed by atoms with Crippen molar-refractivity contribution >= 4 is 17.2 Å². The van der Waals surface area contributed by atoms with Crippen molar-refractivity contribution in [2.45, 2.75) is 44.9 Å². The van der Waals surface area contributed by atoms with Gasteiger partial charge in [-0.25, -0.2) is 0 Å². The Hall–Kier alpha value is -1.04. The lowest BCUT2D eigenvalue weighted by Gasteiger charge is -2.28. The van der Waals surface area contributed by atoms with Crippen LogP contribution in [0.2, 0.25) is 0 Å². The number of aromatic nitrogens is 1. The molecule has 2 rings (SSSR count). The largest absolute Gasteiger partial charge is 0.379 e. The molecule has 0 saturated carbocycles. The molecule has 0 radical (unpaired) electrons. The molecule has 1 saturated heterocycles. The average molecular weight is 336 g/mol. The van der Waals surface area contributed by atoms with E-state index in [4.69, 9.17) is 17.0 Å². The highest BCUT2D eigenvalue weighted by Gasteiger charge is 2.19. The molecule has 5 heteroatoms. The van der Waals surface area contributed by atoms with Crippen molar-refractivity contribution in [2.75, 3.05) is 33.0 Å². The van der Waals surface area contributed by atoms with Gasteiger partial charge < -0.3 is 10.1 Å². The minimum absolute atomic E-state index is 0.226. The van der Waals surface area contributed by atoms with Crippen LogP contribution in [0.3, 0.4) is 0 Å². The van der Waals surface area contributed by atoms with Gasteiger partial charge in [0.25, 0.3) is 0 Å². The lowest BCUT2D eigenvalue weighted by atomic mass is 9.96. The fraction of sp³-hybridized carbons (Fsp3) is 0.667. The smallest absolute Gasteiger partial charge is 0.0855 e. The first-order valence-corrected chi connectivity index (χ1v) is 9.21. The third-order valence-electron chi connectivity index (χ3n) is 4.29. The maximum atomic E-state index is 5.69. The monoisotopic (exact) mass is 335 g/mol. The van der Waals surface area contributed by atoms with Crippen LogP contribution in [0.25, 0.3) is 0 Å². The van der Waals surface area contributed by atoms with Crippen molar-refractivity contribution in [1.82, 2.24) is 15.2 Å². The zero-order chi connectivity index (χ0) is 16.3. The Bertz CT molecular complexity index is 449. The molecule has 1 N–H and O–H groups in total. The van der Waals surface area contributed by atoms with E-state index in [0.29, 0.717) is 0 Å². The Morgan fingerprint density at radius 2 is 2.13 bits per heavy atom. The summed E-state index contributed by atoms with van der Waals surface area (Å²) in [4.78, 5) is 7.81. The molecule has 128 valence electrons. The quantitative estimate of drug-likeness (QED) is 0.553. The highest BCUT2D eigenvalue weighted by atomic mass is 32.1. The summed E-state index contributed by atoms with van der Waals surface area (Å²) in [5.74, 6) is 0.226. The number of hydrogen-bond acceptors (Lipinski definition) is 4. The first kappa shape index (κ1) is 18.3. The summed E-state index contributed by atoms with van der Waals surface area (Å²) in [6.45, 7) is 6.62. The summed E-state index contributed by atoms with van der Waals surface area (Å²) in [7, 11) is 0. The maximum absolute atomic E-state index is 5.69. The predicted molar refractivity (Wildman–Crippen MR) is 98.7 cm³/mol. The van der Waals surface area contributed by atoms with Crippen LogP contribution in [-0.2, 0) is 4.74 Å². The zero-order valence-corrected chi connectivity index (χ0v) is 15.0. The van der Waals surface area contributed by atoms with E-state index in [1.165, 1.54) is 25.7 Å². The van der Waals surface area contributed by atoms with E-state index in [9.17, 15) is 0 Å². The van der Waals surface area contributed by atoms with E-state index >= 15 is 0 Å². The van der Waals surface area contributed by atoms with Crippen molar-refractivity contribution in [3.63, 3.8) is 0 Å². The van der Waals surface area contributed by atoms with Crippen LogP contribution < -0.4 is 5.32 Å². The molecular formula is C18H29N3OS. The molecule has 4 nitrogen and oxygen atoms in total. The number of rotatable bonds is 9. The van der Waals surface area contributed by atoms with Crippen LogP contribution in [0.15, 0.2) is 24.4 Å². The molecule has 1 aliphatic rings. The fourth-order valence-corrected chi connectivity index (χ4v) is 3.15. The molecule has 1 aromatic rings. The lowest BCUT2D eigenvalue weighted by molar-refractivity contribution is 0.0366. The van der Waals surface area contributed by atoms with Gasteiger partial charge in [-0.15, -0.1) is 0 Å². The number of unbranched alkanes of at least 4 members (excludes halogenated alkanes) is 3. The topological polar surface area (TPSA) is 37.4 Å². The van der Waals surface area contributed by atoms with Gasteiger partial charge in [-0.05, 0) is 18.6 Å². The molecule has 1 aliphatic heterocycles. The summed E-state index contributed by atoms with van der Waals surface area (Å²) >= 11 is 5.69. The number of nitrogens with zero attached hydrogens (tertiary/aromatic N) is 2. The summed E-state index contributed by atoms with van der Waals surface area (Å²) in [6.07, 6.45) is 7.96. The Morgan fingerprint density at radius 3 is 2.83 bits per heavy atom. The lowest BCUT2D eigenvalue weighted by Crippen LogP contribution is -2.44. The van der Waals surface area contributed by atoms with Crippen molar-refractivity contribution < 1.29 is 4.74 Å². The number of nitrogens with one attached hydrogen (secondary N) is 1. The molecule has 0 aliphatic carbocycles. The normalized spacial score (nSPS) is 16.9. The van der Waals surface area contributed by atoms with Gasteiger partial charge in [0.2, 0.25) is 0 Å². The van der Waals surface area contributed by atoms with Gasteiger partial charge in [0, 0.05) is 19.3 Å². The second-order valence-electron chi connectivity index (χ2n) is 6.09. The second kappa shape index (κ2) is 10.7. The molecule has 0 bridgehead atoms. The number of hydrogen-bond donors (Lipinski definition) is 1. The highest BCUT2D eigenvalue weighted by molar-refractivity contribution is 7.80. The van der Waals surface area contributed by atoms with Crippen molar-refractivity contribution in [3.8, 4) is 0 Å². The molecule has 1 fully saturated rings. The van der Waals surface area contributed by atoms with Gasteiger partial charge in [-0.3, -0.25) is 9.88 Å². The van der Waals surface area contributed by atoms with Crippen LogP contribution in [-0.4, -0.2) is 47.8 Å². The van der Waals surface area contributed by atoms with Crippen LogP contribution in [0, 0.1) is 0 Å². The maximum Gasteiger partial charge on any atom is 0.0855 e. The van der Waals surface area contributed by atoms with Crippen LogP contribution in [0.5, 0.6) is 0 Å². The molecule has 1 aromatic heterocycles. The molecule has 0 amide bonds. The van der Waals surface area contributed by atoms with E-state index in [2.05, 4.69) is 28.2 Å². The summed E-state index contributed by atoms with van der Waals surface area (Å²) in [5.41, 5.74) is 1.09. The molecular weight excluding hydrogens is 306 g/mol. The highest BCUT2D eigenvalue weighted by Crippen LogP contribution is 2.22. The van der Waals surface area contributed by atoms with Gasteiger partial charge in [0.1, 0.15) is 0 Å². The minimum Gasteiger partial charge on any atom is -0.379 e. The molecule has 2 heterocycles. The SMILES string of the molecule is CCCCCCC(C(=S)NCN1CCOCC1)c1ccccn1. The molecule has 0 spiro atoms. The third kappa shape index (κ3) is 6.53. The van der Waals surface area contributed by atoms with Gasteiger partial charge in [-0.2, -0.15) is 0 Å². The standard InChI is InChI=1S/C18H29N3OS/c1-2-3-4-5-8-16(17-9-6-7-10-19-17)18(23)20-15-21-11-13-22-14-12-21/h6-7,9-10,16H,2-5,8,11-15H2,1H3,(H,20,23). The van der Waals surface area contributed by atoms with Crippen molar-refractivity contribution in [2.24, 2.45) is 0 Å². The van der Waals surface area contributed by atoms with E-state index < -0.39 is 0 Å². The number of thiocarbonyl (C=S) groups is 1. The van der Waals surface area contributed by atoms with Gasteiger partial charge in [-0.1, -0.05) is 50.9 Å². The minimum atomic E-state index is 0.226. The van der Waals surface area contributed by atoms with Gasteiger partial charge >= 0.3 is 0 Å². The summed E-state index contributed by atoms with van der Waals surface area (Å²) < 4.78 is 5.39. The first-order chi connectivity index (χ1) is 11.3. The van der Waals surface area contributed by atoms with Crippen molar-refractivity contribution in [1.29, 1.82) is 0 Å². The van der Waals surface area contributed by atoms with Crippen molar-refractivity contribution in [3.05, 3.63) is 30.1 Å². The Morgan fingerprint density at radius 1 is 1.30 bits per heavy atom. The Labute approximate surface area is 145 Å². The summed E-state index contributed by atoms with van der Waals surface area (Å²) in [5, 5.41) is 3.45. The molecule has 1 unspecified atom stereocenters. The third-order valence-corrected chi connectivity index (χ3v) is 4.72. The Balaban J connectivity index is 1.87. The number of pyridine rings is 1. The van der Waals surface area contributed by atoms with E-state index in [1.807, 2.05) is 18.3 Å².